The number of nitrogens with zero attached hydrogens (tertiary/aromatic N) is 4. The molecule has 0 saturated carbocycles. The van der Waals surface area contributed by atoms with E-state index in [1.54, 1.807) is 6.07 Å². The molecule has 1 N–H and O–H groups in total. The van der Waals surface area contributed by atoms with Crippen LogP contribution in [0.3, 0.4) is 0 Å². The Balaban J connectivity index is 1.42. The zero-order valence-electron chi connectivity index (χ0n) is 16.9. The normalized spacial score (nSPS) is 14.1. The Bertz CT molecular complexity index is 1270. The second-order valence-electron chi connectivity index (χ2n) is 7.47. The highest BCUT2D eigenvalue weighted by Gasteiger charge is 2.24. The summed E-state index contributed by atoms with van der Waals surface area (Å²) in [5.41, 5.74) is 2.15. The Morgan fingerprint density at radius 3 is 2.32 bits per heavy atom. The molecular weight excluding hydrogens is 390 g/mol. The van der Waals surface area contributed by atoms with Crippen LogP contribution in [0, 0.1) is 0 Å². The molecule has 7 nitrogen and oxygen atoms in total. The van der Waals surface area contributed by atoms with Crippen molar-refractivity contribution in [2.75, 3.05) is 31.1 Å². The third-order valence-electron chi connectivity index (χ3n) is 5.51. The highest BCUT2D eigenvalue weighted by molar-refractivity contribution is 5.94. The van der Waals surface area contributed by atoms with Gasteiger partial charge in [-0.1, -0.05) is 42.5 Å². The monoisotopic (exact) mass is 411 g/mol. The first-order chi connectivity index (χ1) is 15.2. The molecule has 2 aromatic carbocycles. The number of aromatic nitrogens is 3. The second kappa shape index (κ2) is 8.02. The molecule has 1 aliphatic rings. The van der Waals surface area contributed by atoms with Gasteiger partial charge in [-0.2, -0.15) is 0 Å². The van der Waals surface area contributed by atoms with Crippen LogP contribution in [0.25, 0.3) is 22.3 Å². The molecule has 1 saturated heterocycles. The van der Waals surface area contributed by atoms with E-state index in [0.717, 1.165) is 22.3 Å². The lowest BCUT2D eigenvalue weighted by Crippen LogP contribution is -2.49. The summed E-state index contributed by atoms with van der Waals surface area (Å²) in [5, 5.41) is 1.00. The van der Waals surface area contributed by atoms with Gasteiger partial charge < -0.3 is 14.8 Å². The van der Waals surface area contributed by atoms with E-state index >= 15 is 0 Å². The topological polar surface area (TPSA) is 82.2 Å². The molecule has 31 heavy (non-hydrogen) atoms. The van der Waals surface area contributed by atoms with Crippen molar-refractivity contribution in [2.24, 2.45) is 0 Å². The molecule has 0 aliphatic carbocycles. The van der Waals surface area contributed by atoms with Crippen molar-refractivity contribution in [2.45, 2.75) is 0 Å². The fourth-order valence-electron chi connectivity index (χ4n) is 3.86. The van der Waals surface area contributed by atoms with Crippen LogP contribution in [-0.2, 0) is 0 Å². The van der Waals surface area contributed by atoms with Gasteiger partial charge in [0.05, 0.1) is 11.1 Å². The maximum absolute atomic E-state index is 12.8. The van der Waals surface area contributed by atoms with Gasteiger partial charge in [-0.25, -0.2) is 9.97 Å². The van der Waals surface area contributed by atoms with Gasteiger partial charge >= 0.3 is 0 Å². The highest BCUT2D eigenvalue weighted by atomic mass is 16.2. The first-order valence-electron chi connectivity index (χ1n) is 10.2. The first kappa shape index (κ1) is 19.0. The summed E-state index contributed by atoms with van der Waals surface area (Å²) in [6.07, 6.45) is 1.47. The van der Waals surface area contributed by atoms with Crippen molar-refractivity contribution in [3.05, 3.63) is 88.8 Å². The number of anilines is 1. The average Bonchev–Trinajstić information content (AvgIpc) is 2.84. The smallest absolute Gasteiger partial charge is 0.255 e. The number of hydrogen-bond acceptors (Lipinski definition) is 5. The van der Waals surface area contributed by atoms with Gasteiger partial charge in [0, 0.05) is 49.4 Å². The van der Waals surface area contributed by atoms with Crippen molar-refractivity contribution in [3.8, 4) is 11.4 Å². The third kappa shape index (κ3) is 3.77. The third-order valence-corrected chi connectivity index (χ3v) is 5.51. The van der Waals surface area contributed by atoms with Crippen LogP contribution in [0.1, 0.15) is 10.4 Å². The molecular formula is C24H21N5O2. The summed E-state index contributed by atoms with van der Waals surface area (Å²) in [7, 11) is 0. The van der Waals surface area contributed by atoms with Gasteiger partial charge in [0.15, 0.2) is 5.82 Å². The van der Waals surface area contributed by atoms with Crippen LogP contribution < -0.4 is 10.5 Å². The summed E-state index contributed by atoms with van der Waals surface area (Å²) in [5.74, 6) is 1.51. The molecule has 7 heteroatoms. The number of aromatic amines is 1. The van der Waals surface area contributed by atoms with E-state index in [0.29, 0.717) is 37.6 Å². The molecule has 154 valence electrons. The van der Waals surface area contributed by atoms with E-state index in [9.17, 15) is 9.59 Å². The number of hydrogen-bond donors (Lipinski definition) is 1. The van der Waals surface area contributed by atoms with Crippen LogP contribution in [-0.4, -0.2) is 51.9 Å². The number of para-hydroxylation sites is 1. The summed E-state index contributed by atoms with van der Waals surface area (Å²) in [6, 6.07) is 20.9. The minimum atomic E-state index is -0.216. The highest BCUT2D eigenvalue weighted by Crippen LogP contribution is 2.28. The zero-order valence-corrected chi connectivity index (χ0v) is 16.9. The molecule has 1 amide bonds. The van der Waals surface area contributed by atoms with Gasteiger partial charge in [0.1, 0.15) is 5.82 Å². The quantitative estimate of drug-likeness (QED) is 0.561. The van der Waals surface area contributed by atoms with Gasteiger partial charge in [0.2, 0.25) is 5.56 Å². The number of nitrogens with one attached hydrogen (secondary N) is 1. The van der Waals surface area contributed by atoms with Gasteiger partial charge in [-0.15, -0.1) is 0 Å². The molecule has 0 spiro atoms. The van der Waals surface area contributed by atoms with Crippen LogP contribution in [0.5, 0.6) is 0 Å². The summed E-state index contributed by atoms with van der Waals surface area (Å²) in [4.78, 5) is 40.3. The maximum Gasteiger partial charge on any atom is 0.255 e. The Labute approximate surface area is 179 Å². The molecule has 3 heterocycles. The van der Waals surface area contributed by atoms with E-state index in [-0.39, 0.29) is 11.5 Å². The van der Waals surface area contributed by atoms with E-state index in [1.165, 1.54) is 12.3 Å². The SMILES string of the molecule is O=C(c1ccc(=O)[nH]c1)N1CCN(c2nc(-c3ccccc3)nc3ccccc23)CC1. The lowest BCUT2D eigenvalue weighted by molar-refractivity contribution is 0.0746. The van der Waals surface area contributed by atoms with E-state index < -0.39 is 0 Å². The van der Waals surface area contributed by atoms with E-state index in [2.05, 4.69) is 9.88 Å². The molecule has 5 rings (SSSR count). The number of H-pyrrole nitrogens is 1. The number of fused-ring (bicyclic) bond motifs is 1. The van der Waals surface area contributed by atoms with Crippen molar-refractivity contribution in [3.63, 3.8) is 0 Å². The summed E-state index contributed by atoms with van der Waals surface area (Å²) < 4.78 is 0. The largest absolute Gasteiger partial charge is 0.352 e. The molecule has 2 aromatic heterocycles. The number of carbonyl (C=O) groups is 1. The molecule has 1 fully saturated rings. The molecule has 0 radical (unpaired) electrons. The molecule has 0 unspecified atom stereocenters. The van der Waals surface area contributed by atoms with Crippen LogP contribution in [0.4, 0.5) is 5.82 Å². The molecule has 1 aliphatic heterocycles. The predicted octanol–water partition coefficient (Wildman–Crippen LogP) is 2.95. The zero-order chi connectivity index (χ0) is 21.2. The van der Waals surface area contributed by atoms with Crippen LogP contribution >= 0.6 is 0 Å². The van der Waals surface area contributed by atoms with Crippen molar-refractivity contribution >= 4 is 22.6 Å². The Hall–Kier alpha value is -4.00. The van der Waals surface area contributed by atoms with Gasteiger partial charge in [0.25, 0.3) is 5.91 Å². The van der Waals surface area contributed by atoms with Crippen molar-refractivity contribution < 1.29 is 4.79 Å². The number of piperazine rings is 1. The number of pyridine rings is 1. The minimum Gasteiger partial charge on any atom is -0.352 e. The fraction of sp³-hybridized carbons (Fsp3) is 0.167. The number of rotatable bonds is 3. The van der Waals surface area contributed by atoms with E-state index in [1.807, 2.05) is 59.5 Å². The van der Waals surface area contributed by atoms with Crippen LogP contribution in [0.15, 0.2) is 77.7 Å². The fourth-order valence-corrected chi connectivity index (χ4v) is 3.86. The molecule has 4 aromatic rings. The number of amides is 1. The lowest BCUT2D eigenvalue weighted by atomic mass is 10.1. The Kier molecular flexibility index (Phi) is 4.92. The summed E-state index contributed by atoms with van der Waals surface area (Å²) in [6.45, 7) is 2.50. The first-order valence-corrected chi connectivity index (χ1v) is 10.2. The van der Waals surface area contributed by atoms with Gasteiger partial charge in [-0.3, -0.25) is 9.59 Å². The minimum absolute atomic E-state index is 0.0755. The average molecular weight is 411 g/mol. The predicted molar refractivity (Wildman–Crippen MR) is 120 cm³/mol. The molecule has 0 atom stereocenters. The van der Waals surface area contributed by atoms with Crippen LogP contribution in [0.2, 0.25) is 0 Å². The Morgan fingerprint density at radius 2 is 1.58 bits per heavy atom. The van der Waals surface area contributed by atoms with E-state index in [4.69, 9.17) is 9.97 Å². The number of benzene rings is 2. The molecule has 0 bridgehead atoms. The standard InChI is InChI=1S/C24H21N5O2/c30-21-11-10-18(16-25-21)24(31)29-14-12-28(13-15-29)23-19-8-4-5-9-20(19)26-22(27-23)17-6-2-1-3-7-17/h1-11,16H,12-15H2,(H,25,30). The number of carbonyl (C=O) groups excluding carboxylic acids is 1. The van der Waals surface area contributed by atoms with Crippen molar-refractivity contribution in [1.82, 2.24) is 19.9 Å². The Morgan fingerprint density at radius 1 is 0.839 bits per heavy atom. The lowest BCUT2D eigenvalue weighted by Gasteiger charge is -2.36. The van der Waals surface area contributed by atoms with Gasteiger partial charge in [-0.05, 0) is 18.2 Å². The van der Waals surface area contributed by atoms with Crippen molar-refractivity contribution in [1.29, 1.82) is 0 Å². The second-order valence-corrected chi connectivity index (χ2v) is 7.47. The maximum atomic E-state index is 12.8. The summed E-state index contributed by atoms with van der Waals surface area (Å²) >= 11 is 0.